The van der Waals surface area contributed by atoms with Crippen molar-refractivity contribution in [3.05, 3.63) is 0 Å². The van der Waals surface area contributed by atoms with Gasteiger partial charge in [-0.25, -0.2) is 4.79 Å². The number of nitrogens with zero attached hydrogens (tertiary/aromatic N) is 1. The van der Waals surface area contributed by atoms with Crippen LogP contribution in [-0.2, 0) is 9.53 Å². The van der Waals surface area contributed by atoms with Crippen LogP contribution in [0.1, 0.15) is 54.4 Å². The summed E-state index contributed by atoms with van der Waals surface area (Å²) in [5, 5.41) is 0. The van der Waals surface area contributed by atoms with E-state index in [2.05, 4.69) is 21.0 Å². The molecular formula is C14H30NO2+. The van der Waals surface area contributed by atoms with Gasteiger partial charge in [0.05, 0.1) is 20.6 Å². The summed E-state index contributed by atoms with van der Waals surface area (Å²) in [5.74, 6) is -0.119. The third kappa shape index (κ3) is 4.66. The molecular weight excluding hydrogens is 214 g/mol. The summed E-state index contributed by atoms with van der Waals surface area (Å²) in [6, 6.07) is 0. The molecule has 17 heavy (non-hydrogen) atoms. The lowest BCUT2D eigenvalue weighted by molar-refractivity contribution is -0.928. The highest BCUT2D eigenvalue weighted by Gasteiger charge is 2.45. The summed E-state index contributed by atoms with van der Waals surface area (Å²) in [7, 11) is 4.19. The molecule has 0 aromatic carbocycles. The van der Waals surface area contributed by atoms with Crippen LogP contribution >= 0.6 is 0 Å². The van der Waals surface area contributed by atoms with Crippen LogP contribution < -0.4 is 0 Å². The van der Waals surface area contributed by atoms with E-state index in [-0.39, 0.29) is 5.97 Å². The van der Waals surface area contributed by atoms with Gasteiger partial charge in [-0.2, -0.15) is 0 Å². The largest absolute Gasteiger partial charge is 0.455 e. The summed E-state index contributed by atoms with van der Waals surface area (Å²) in [5.41, 5.74) is -0.929. The molecule has 0 unspecified atom stereocenters. The van der Waals surface area contributed by atoms with Gasteiger partial charge in [-0.3, -0.25) is 0 Å². The van der Waals surface area contributed by atoms with Crippen LogP contribution in [0.2, 0.25) is 0 Å². The van der Waals surface area contributed by atoms with Gasteiger partial charge in [0.15, 0.2) is 5.54 Å². The first-order chi connectivity index (χ1) is 7.44. The lowest BCUT2D eigenvalue weighted by Gasteiger charge is -2.43. The third-order valence-corrected chi connectivity index (χ3v) is 3.48. The second-order valence-electron chi connectivity index (χ2n) is 6.82. The minimum atomic E-state index is -0.511. The van der Waals surface area contributed by atoms with Gasteiger partial charge < -0.3 is 9.22 Å². The average molecular weight is 244 g/mol. The molecule has 0 aliphatic heterocycles. The Labute approximate surface area is 107 Å². The normalized spacial score (nSPS) is 13.6. The molecule has 0 aliphatic rings. The molecule has 0 radical (unpaired) electrons. The number of quaternary nitrogens is 1. The lowest BCUT2D eigenvalue weighted by atomic mass is 9.99. The molecule has 0 fully saturated rings. The molecule has 0 rings (SSSR count). The molecule has 0 spiro atoms. The summed E-state index contributed by atoms with van der Waals surface area (Å²) in [4.78, 5) is 12.3. The highest BCUT2D eigenvalue weighted by atomic mass is 16.6. The van der Waals surface area contributed by atoms with Crippen molar-refractivity contribution in [1.29, 1.82) is 0 Å². The molecule has 0 bridgehead atoms. The second kappa shape index (κ2) is 5.38. The van der Waals surface area contributed by atoms with E-state index < -0.39 is 11.1 Å². The molecule has 0 heterocycles. The van der Waals surface area contributed by atoms with Crippen molar-refractivity contribution in [2.75, 3.05) is 20.6 Å². The zero-order valence-electron chi connectivity index (χ0n) is 12.9. The Morgan fingerprint density at radius 2 is 1.59 bits per heavy atom. The molecule has 0 atom stereocenters. The number of likely N-dealkylation sites (N-methyl/N-ethyl adjacent to an activating group) is 1. The van der Waals surface area contributed by atoms with Crippen molar-refractivity contribution < 1.29 is 14.0 Å². The maximum Gasteiger partial charge on any atom is 0.368 e. The minimum absolute atomic E-state index is 0.119. The molecule has 102 valence electrons. The number of carbonyl (C=O) groups is 1. The highest BCUT2D eigenvalue weighted by Crippen LogP contribution is 2.25. The van der Waals surface area contributed by atoms with E-state index in [1.165, 1.54) is 0 Å². The Morgan fingerprint density at radius 3 is 1.94 bits per heavy atom. The van der Waals surface area contributed by atoms with Crippen molar-refractivity contribution in [2.45, 2.75) is 65.5 Å². The molecule has 0 aromatic rings. The predicted octanol–water partition coefficient (Wildman–Crippen LogP) is 2.98. The standard InChI is InChI=1S/C14H30NO2/c1-9-10-11-15(7,8)14(5,6)12(16)17-13(2,3)4/h9-11H2,1-8H3/q+1. The summed E-state index contributed by atoms with van der Waals surface area (Å²) >= 11 is 0. The minimum Gasteiger partial charge on any atom is -0.455 e. The van der Waals surface area contributed by atoms with Crippen LogP contribution in [0.5, 0.6) is 0 Å². The third-order valence-electron chi connectivity index (χ3n) is 3.48. The van der Waals surface area contributed by atoms with Gasteiger partial charge in [0.25, 0.3) is 0 Å². The Kier molecular flexibility index (Phi) is 5.20. The molecule has 0 aliphatic carbocycles. The van der Waals surface area contributed by atoms with Crippen LogP contribution in [0.15, 0.2) is 0 Å². The van der Waals surface area contributed by atoms with Gasteiger partial charge in [-0.05, 0) is 27.2 Å². The van der Waals surface area contributed by atoms with E-state index in [9.17, 15) is 4.79 Å². The van der Waals surface area contributed by atoms with E-state index in [0.29, 0.717) is 4.48 Å². The Hall–Kier alpha value is -0.570. The van der Waals surface area contributed by atoms with Gasteiger partial charge in [0, 0.05) is 13.8 Å². The first-order valence-electron chi connectivity index (χ1n) is 6.50. The van der Waals surface area contributed by atoms with Crippen LogP contribution in [0.25, 0.3) is 0 Å². The Balaban J connectivity index is 4.80. The van der Waals surface area contributed by atoms with Crippen LogP contribution in [-0.4, -0.2) is 42.2 Å². The molecule has 3 nitrogen and oxygen atoms in total. The molecule has 0 N–H and O–H groups in total. The van der Waals surface area contributed by atoms with Gasteiger partial charge in [-0.15, -0.1) is 0 Å². The quantitative estimate of drug-likeness (QED) is 0.549. The maximum absolute atomic E-state index is 12.3. The first-order valence-corrected chi connectivity index (χ1v) is 6.50. The summed E-state index contributed by atoms with van der Waals surface area (Å²) in [6.45, 7) is 12.8. The number of esters is 1. The molecule has 0 saturated carbocycles. The van der Waals surface area contributed by atoms with Gasteiger partial charge in [0.1, 0.15) is 5.60 Å². The number of hydrogen-bond donors (Lipinski definition) is 0. The topological polar surface area (TPSA) is 26.3 Å². The predicted molar refractivity (Wildman–Crippen MR) is 71.8 cm³/mol. The second-order valence-corrected chi connectivity index (χ2v) is 6.82. The van der Waals surface area contributed by atoms with E-state index in [4.69, 9.17) is 4.74 Å². The fraction of sp³-hybridized carbons (Fsp3) is 0.929. The van der Waals surface area contributed by atoms with Crippen molar-refractivity contribution in [3.8, 4) is 0 Å². The van der Waals surface area contributed by atoms with E-state index >= 15 is 0 Å². The first kappa shape index (κ1) is 16.4. The van der Waals surface area contributed by atoms with Crippen molar-refractivity contribution >= 4 is 5.97 Å². The Morgan fingerprint density at radius 1 is 1.12 bits per heavy atom. The van der Waals surface area contributed by atoms with Crippen LogP contribution in [0.3, 0.4) is 0 Å². The van der Waals surface area contributed by atoms with E-state index in [1.54, 1.807) is 0 Å². The van der Waals surface area contributed by atoms with Crippen molar-refractivity contribution in [1.82, 2.24) is 0 Å². The van der Waals surface area contributed by atoms with Crippen LogP contribution in [0.4, 0.5) is 0 Å². The highest BCUT2D eigenvalue weighted by molar-refractivity contribution is 5.78. The van der Waals surface area contributed by atoms with Crippen molar-refractivity contribution in [2.24, 2.45) is 0 Å². The maximum atomic E-state index is 12.3. The Bertz CT molecular complexity index is 262. The van der Waals surface area contributed by atoms with E-state index in [0.717, 1.165) is 19.4 Å². The fourth-order valence-corrected chi connectivity index (χ4v) is 1.48. The lowest BCUT2D eigenvalue weighted by Crippen LogP contribution is -2.62. The molecule has 3 heteroatoms. The summed E-state index contributed by atoms with van der Waals surface area (Å²) in [6.07, 6.45) is 2.27. The van der Waals surface area contributed by atoms with Crippen molar-refractivity contribution in [3.63, 3.8) is 0 Å². The molecule has 0 saturated heterocycles. The number of unbranched alkanes of at least 4 members (excludes halogenated alkanes) is 1. The SMILES string of the molecule is CCCC[N+](C)(C)C(C)(C)C(=O)OC(C)(C)C. The van der Waals surface area contributed by atoms with Gasteiger partial charge in [0.2, 0.25) is 0 Å². The number of rotatable bonds is 5. The van der Waals surface area contributed by atoms with Gasteiger partial charge >= 0.3 is 5.97 Å². The fourth-order valence-electron chi connectivity index (χ4n) is 1.48. The number of carbonyl (C=O) groups excluding carboxylic acids is 1. The van der Waals surface area contributed by atoms with Gasteiger partial charge in [-0.1, -0.05) is 13.3 Å². The monoisotopic (exact) mass is 244 g/mol. The van der Waals surface area contributed by atoms with Crippen LogP contribution in [0, 0.1) is 0 Å². The summed E-state index contributed by atoms with van der Waals surface area (Å²) < 4.78 is 6.18. The molecule has 0 amide bonds. The average Bonchev–Trinajstić information content (AvgIpc) is 2.11. The van der Waals surface area contributed by atoms with E-state index in [1.807, 2.05) is 34.6 Å². The number of ether oxygens (including phenoxy) is 1. The molecule has 0 aromatic heterocycles. The number of hydrogen-bond acceptors (Lipinski definition) is 2. The zero-order valence-corrected chi connectivity index (χ0v) is 12.9. The smallest absolute Gasteiger partial charge is 0.368 e. The zero-order chi connectivity index (χ0) is 13.9.